The van der Waals surface area contributed by atoms with Crippen molar-refractivity contribution >= 4 is 34.5 Å². The van der Waals surface area contributed by atoms with E-state index in [1.165, 1.54) is 9.79 Å². The Morgan fingerprint density at radius 3 is 1.67 bits per heavy atom. The standard InChI is InChI=1S/C24H20N2S/c1-4-10-19(11-5-1)25-21-16-17-23(26-20-12-6-2-7-13-20)24(18-21)27-22-14-8-3-9-15-22/h1-18,25-26H. The molecule has 0 atom stereocenters. The van der Waals surface area contributed by atoms with E-state index >= 15 is 0 Å². The zero-order valence-corrected chi connectivity index (χ0v) is 15.6. The molecule has 2 nitrogen and oxygen atoms in total. The highest BCUT2D eigenvalue weighted by Gasteiger charge is 2.07. The fraction of sp³-hybridized carbons (Fsp3) is 0. The van der Waals surface area contributed by atoms with Crippen LogP contribution in [0, 0.1) is 0 Å². The molecule has 0 aromatic heterocycles. The minimum Gasteiger partial charge on any atom is -0.355 e. The quantitative estimate of drug-likeness (QED) is 0.373. The maximum absolute atomic E-state index is 3.54. The van der Waals surface area contributed by atoms with Crippen molar-refractivity contribution < 1.29 is 0 Å². The minimum absolute atomic E-state index is 1.07. The van der Waals surface area contributed by atoms with E-state index in [4.69, 9.17) is 0 Å². The number of anilines is 4. The summed E-state index contributed by atoms with van der Waals surface area (Å²) < 4.78 is 0. The van der Waals surface area contributed by atoms with Crippen molar-refractivity contribution in [2.45, 2.75) is 9.79 Å². The topological polar surface area (TPSA) is 24.1 Å². The van der Waals surface area contributed by atoms with Gasteiger partial charge in [-0.3, -0.25) is 0 Å². The van der Waals surface area contributed by atoms with Gasteiger partial charge in [0.2, 0.25) is 0 Å². The Bertz CT molecular complexity index is 987. The molecule has 0 aliphatic rings. The van der Waals surface area contributed by atoms with E-state index < -0.39 is 0 Å². The summed E-state index contributed by atoms with van der Waals surface area (Å²) in [5, 5.41) is 7.02. The Morgan fingerprint density at radius 2 is 1.04 bits per heavy atom. The minimum atomic E-state index is 1.07. The molecule has 27 heavy (non-hydrogen) atoms. The third-order valence-electron chi connectivity index (χ3n) is 4.07. The number of benzene rings is 4. The Balaban J connectivity index is 1.65. The highest BCUT2D eigenvalue weighted by Crippen LogP contribution is 2.37. The molecule has 0 saturated heterocycles. The number of hydrogen-bond acceptors (Lipinski definition) is 3. The van der Waals surface area contributed by atoms with Crippen molar-refractivity contribution in [1.29, 1.82) is 0 Å². The van der Waals surface area contributed by atoms with Gasteiger partial charge in [-0.1, -0.05) is 66.4 Å². The van der Waals surface area contributed by atoms with E-state index in [0.717, 1.165) is 22.7 Å². The third-order valence-corrected chi connectivity index (χ3v) is 5.13. The van der Waals surface area contributed by atoms with Gasteiger partial charge in [-0.25, -0.2) is 0 Å². The van der Waals surface area contributed by atoms with Gasteiger partial charge in [-0.2, -0.15) is 0 Å². The molecule has 0 spiro atoms. The maximum Gasteiger partial charge on any atom is 0.0527 e. The fourth-order valence-corrected chi connectivity index (χ4v) is 3.73. The summed E-state index contributed by atoms with van der Waals surface area (Å²) in [6, 6.07) is 37.4. The average molecular weight is 369 g/mol. The molecule has 0 bridgehead atoms. The van der Waals surface area contributed by atoms with E-state index in [2.05, 4.69) is 77.4 Å². The molecule has 4 aromatic carbocycles. The Morgan fingerprint density at radius 1 is 0.481 bits per heavy atom. The second-order valence-electron chi connectivity index (χ2n) is 6.11. The lowest BCUT2D eigenvalue weighted by Crippen LogP contribution is -1.95. The van der Waals surface area contributed by atoms with Crippen LogP contribution in [0.25, 0.3) is 0 Å². The van der Waals surface area contributed by atoms with Crippen LogP contribution in [0.1, 0.15) is 0 Å². The molecule has 4 aromatic rings. The fourth-order valence-electron chi connectivity index (χ4n) is 2.77. The predicted molar refractivity (Wildman–Crippen MR) is 116 cm³/mol. The number of nitrogens with one attached hydrogen (secondary N) is 2. The van der Waals surface area contributed by atoms with Crippen LogP contribution in [0.2, 0.25) is 0 Å². The van der Waals surface area contributed by atoms with E-state index in [1.807, 2.05) is 42.5 Å². The Hall–Kier alpha value is -3.17. The van der Waals surface area contributed by atoms with E-state index in [1.54, 1.807) is 11.8 Å². The first kappa shape index (κ1) is 17.3. The summed E-state index contributed by atoms with van der Waals surface area (Å²) in [6.45, 7) is 0. The van der Waals surface area contributed by atoms with Gasteiger partial charge in [0, 0.05) is 26.9 Å². The highest BCUT2D eigenvalue weighted by atomic mass is 32.2. The number of rotatable bonds is 6. The molecule has 0 aliphatic carbocycles. The lowest BCUT2D eigenvalue weighted by molar-refractivity contribution is 1.37. The first-order chi connectivity index (χ1) is 13.4. The molecule has 2 N–H and O–H groups in total. The first-order valence-corrected chi connectivity index (χ1v) is 9.69. The van der Waals surface area contributed by atoms with Gasteiger partial charge in [0.15, 0.2) is 0 Å². The van der Waals surface area contributed by atoms with E-state index in [9.17, 15) is 0 Å². The van der Waals surface area contributed by atoms with Gasteiger partial charge < -0.3 is 10.6 Å². The SMILES string of the molecule is c1ccc(Nc2ccc(Nc3ccccc3)c(Sc3ccccc3)c2)cc1. The van der Waals surface area contributed by atoms with Gasteiger partial charge in [0.25, 0.3) is 0 Å². The Labute approximate surface area is 164 Å². The van der Waals surface area contributed by atoms with Crippen LogP contribution in [0.4, 0.5) is 22.7 Å². The summed E-state index contributed by atoms with van der Waals surface area (Å²) in [6.07, 6.45) is 0. The molecule has 4 rings (SSSR count). The van der Waals surface area contributed by atoms with Crippen LogP contribution in [0.3, 0.4) is 0 Å². The average Bonchev–Trinajstić information content (AvgIpc) is 2.72. The van der Waals surface area contributed by atoms with Crippen LogP contribution >= 0.6 is 11.8 Å². The molecule has 0 fully saturated rings. The summed E-state index contributed by atoms with van der Waals surface area (Å²) in [5.74, 6) is 0. The maximum atomic E-state index is 3.54. The largest absolute Gasteiger partial charge is 0.355 e. The molecule has 0 unspecified atom stereocenters. The highest BCUT2D eigenvalue weighted by molar-refractivity contribution is 7.99. The second kappa shape index (κ2) is 8.47. The molecule has 0 aliphatic heterocycles. The third kappa shape index (κ3) is 4.72. The normalized spacial score (nSPS) is 10.4. The molecular formula is C24H20N2S. The molecule has 0 heterocycles. The van der Waals surface area contributed by atoms with Crippen molar-refractivity contribution in [3.8, 4) is 0 Å². The lowest BCUT2D eigenvalue weighted by Gasteiger charge is -2.15. The monoisotopic (exact) mass is 368 g/mol. The molecule has 132 valence electrons. The number of para-hydroxylation sites is 2. The van der Waals surface area contributed by atoms with Crippen molar-refractivity contribution in [3.05, 3.63) is 109 Å². The van der Waals surface area contributed by atoms with Crippen LogP contribution in [-0.2, 0) is 0 Å². The Kier molecular flexibility index (Phi) is 5.42. The molecule has 0 saturated carbocycles. The predicted octanol–water partition coefficient (Wildman–Crippen LogP) is 7.33. The van der Waals surface area contributed by atoms with Crippen molar-refractivity contribution in [2.75, 3.05) is 10.6 Å². The summed E-state index contributed by atoms with van der Waals surface area (Å²) in [5.41, 5.74) is 4.32. The first-order valence-electron chi connectivity index (χ1n) is 8.88. The smallest absolute Gasteiger partial charge is 0.0527 e. The van der Waals surface area contributed by atoms with Gasteiger partial charge in [0.1, 0.15) is 0 Å². The van der Waals surface area contributed by atoms with Gasteiger partial charge in [0.05, 0.1) is 5.69 Å². The van der Waals surface area contributed by atoms with Crippen LogP contribution < -0.4 is 10.6 Å². The van der Waals surface area contributed by atoms with E-state index in [-0.39, 0.29) is 0 Å². The summed E-state index contributed by atoms with van der Waals surface area (Å²) in [7, 11) is 0. The lowest BCUT2D eigenvalue weighted by atomic mass is 10.2. The van der Waals surface area contributed by atoms with Crippen LogP contribution in [0.5, 0.6) is 0 Å². The van der Waals surface area contributed by atoms with Crippen LogP contribution in [-0.4, -0.2) is 0 Å². The van der Waals surface area contributed by atoms with Crippen molar-refractivity contribution in [2.24, 2.45) is 0 Å². The van der Waals surface area contributed by atoms with Gasteiger partial charge in [-0.15, -0.1) is 0 Å². The summed E-state index contributed by atoms with van der Waals surface area (Å²) >= 11 is 1.76. The molecule has 3 heteroatoms. The van der Waals surface area contributed by atoms with Gasteiger partial charge >= 0.3 is 0 Å². The zero-order chi connectivity index (χ0) is 18.3. The summed E-state index contributed by atoms with van der Waals surface area (Å²) in [4.78, 5) is 2.39. The molecule has 0 amide bonds. The molecular weight excluding hydrogens is 348 g/mol. The zero-order valence-electron chi connectivity index (χ0n) is 14.8. The second-order valence-corrected chi connectivity index (χ2v) is 7.22. The van der Waals surface area contributed by atoms with Crippen LogP contribution in [0.15, 0.2) is 119 Å². The van der Waals surface area contributed by atoms with E-state index in [0.29, 0.717) is 0 Å². The van der Waals surface area contributed by atoms with Crippen molar-refractivity contribution in [3.63, 3.8) is 0 Å². The van der Waals surface area contributed by atoms with Gasteiger partial charge in [-0.05, 0) is 54.6 Å². The molecule has 0 radical (unpaired) electrons. The number of hydrogen-bond donors (Lipinski definition) is 2. The van der Waals surface area contributed by atoms with Crippen molar-refractivity contribution in [1.82, 2.24) is 0 Å².